The minimum atomic E-state index is 0.264. The molecule has 1 unspecified atom stereocenters. The lowest BCUT2D eigenvalue weighted by Gasteiger charge is -2.12. The van der Waals surface area contributed by atoms with Gasteiger partial charge in [0.25, 0.3) is 0 Å². The molecule has 0 bridgehead atoms. The molecule has 0 fully saturated rings. The van der Waals surface area contributed by atoms with Crippen LogP contribution in [0.1, 0.15) is 22.7 Å². The first-order valence-corrected chi connectivity index (χ1v) is 6.56. The number of hydrogen-bond acceptors (Lipinski definition) is 4. The summed E-state index contributed by atoms with van der Waals surface area (Å²) in [5, 5.41) is 3.34. The zero-order chi connectivity index (χ0) is 11.5. The second kappa shape index (κ2) is 4.93. The number of anilines is 1. The first-order valence-electron chi connectivity index (χ1n) is 4.95. The first kappa shape index (κ1) is 11.5. The fourth-order valence-electron chi connectivity index (χ4n) is 1.39. The molecule has 0 spiro atoms. The quantitative estimate of drug-likeness (QED) is 0.876. The summed E-state index contributed by atoms with van der Waals surface area (Å²) in [4.78, 5) is 10.8. The number of nitrogens with zero attached hydrogens (tertiary/aromatic N) is 2. The van der Waals surface area contributed by atoms with Gasteiger partial charge in [-0.1, -0.05) is 0 Å². The summed E-state index contributed by atoms with van der Waals surface area (Å²) in [5.74, 6) is 0.834. The Bertz CT molecular complexity index is 484. The summed E-state index contributed by atoms with van der Waals surface area (Å²) >= 11 is 5.13. The van der Waals surface area contributed by atoms with E-state index in [4.69, 9.17) is 0 Å². The zero-order valence-corrected chi connectivity index (χ0v) is 11.5. The van der Waals surface area contributed by atoms with Crippen molar-refractivity contribution in [2.45, 2.75) is 19.9 Å². The monoisotopic (exact) mass is 297 g/mol. The van der Waals surface area contributed by atoms with Crippen LogP contribution in [0.4, 0.5) is 5.82 Å². The van der Waals surface area contributed by atoms with E-state index in [1.807, 2.05) is 6.07 Å². The highest BCUT2D eigenvalue weighted by Crippen LogP contribution is 2.25. The van der Waals surface area contributed by atoms with E-state index in [1.54, 1.807) is 17.7 Å². The van der Waals surface area contributed by atoms with E-state index in [9.17, 15) is 0 Å². The topological polar surface area (TPSA) is 37.8 Å². The number of hydrogen-bond donors (Lipinski definition) is 1. The third kappa shape index (κ3) is 2.80. The van der Waals surface area contributed by atoms with Gasteiger partial charge >= 0.3 is 0 Å². The third-order valence-corrected chi connectivity index (χ3v) is 3.80. The molecule has 0 aliphatic rings. The van der Waals surface area contributed by atoms with Crippen LogP contribution in [0.25, 0.3) is 0 Å². The molecule has 0 aromatic carbocycles. The Morgan fingerprint density at radius 3 is 2.81 bits per heavy atom. The van der Waals surface area contributed by atoms with Crippen LogP contribution in [0.2, 0.25) is 0 Å². The van der Waals surface area contributed by atoms with Crippen molar-refractivity contribution in [1.29, 1.82) is 0 Å². The summed E-state index contributed by atoms with van der Waals surface area (Å²) in [6, 6.07) is 6.42. The summed E-state index contributed by atoms with van der Waals surface area (Å²) in [7, 11) is 0. The van der Waals surface area contributed by atoms with Crippen molar-refractivity contribution < 1.29 is 0 Å². The van der Waals surface area contributed by atoms with E-state index in [-0.39, 0.29) is 6.04 Å². The van der Waals surface area contributed by atoms with E-state index >= 15 is 0 Å². The molecule has 2 aromatic rings. The molecule has 0 saturated carbocycles. The lowest BCUT2D eigenvalue weighted by molar-refractivity contribution is 0.892. The van der Waals surface area contributed by atoms with Gasteiger partial charge in [-0.05, 0) is 41.9 Å². The predicted molar refractivity (Wildman–Crippen MR) is 70.8 cm³/mol. The van der Waals surface area contributed by atoms with Crippen molar-refractivity contribution in [3.8, 4) is 0 Å². The molecule has 0 aliphatic carbocycles. The van der Waals surface area contributed by atoms with Gasteiger partial charge < -0.3 is 5.32 Å². The van der Waals surface area contributed by atoms with Crippen LogP contribution in [-0.2, 0) is 0 Å². The number of halogens is 1. The highest BCUT2D eigenvalue weighted by Gasteiger charge is 2.08. The predicted octanol–water partition coefficient (Wildman–Crippen LogP) is 3.78. The van der Waals surface area contributed by atoms with E-state index in [0.717, 1.165) is 10.4 Å². The van der Waals surface area contributed by atoms with E-state index in [0.29, 0.717) is 0 Å². The number of rotatable bonds is 3. The Hall–Kier alpha value is -0.940. The number of nitrogens with one attached hydrogen (secondary N) is 1. The van der Waals surface area contributed by atoms with Gasteiger partial charge in [0, 0.05) is 15.8 Å². The maximum atomic E-state index is 4.16. The molecule has 16 heavy (non-hydrogen) atoms. The average Bonchev–Trinajstić information content (AvgIpc) is 2.65. The van der Waals surface area contributed by atoms with E-state index in [1.165, 1.54) is 9.75 Å². The van der Waals surface area contributed by atoms with Gasteiger partial charge in [-0.15, -0.1) is 11.3 Å². The second-order valence-electron chi connectivity index (χ2n) is 3.54. The summed E-state index contributed by atoms with van der Waals surface area (Å²) in [6.07, 6.45) is 1.54. The maximum Gasteiger partial charge on any atom is 0.130 e. The number of aromatic nitrogens is 2. The molecule has 2 heterocycles. The van der Waals surface area contributed by atoms with Gasteiger partial charge in [0.2, 0.25) is 0 Å². The van der Waals surface area contributed by atoms with Crippen molar-refractivity contribution in [2.24, 2.45) is 0 Å². The van der Waals surface area contributed by atoms with Gasteiger partial charge in [0.05, 0.1) is 6.04 Å². The van der Waals surface area contributed by atoms with Crippen molar-refractivity contribution in [2.75, 3.05) is 5.32 Å². The van der Waals surface area contributed by atoms with E-state index in [2.05, 4.69) is 57.2 Å². The summed E-state index contributed by atoms with van der Waals surface area (Å²) < 4.78 is 0.791. The fourth-order valence-corrected chi connectivity index (χ4v) is 2.58. The lowest BCUT2D eigenvalue weighted by Crippen LogP contribution is -2.06. The molecule has 0 saturated heterocycles. The molecule has 1 N–H and O–H groups in total. The Morgan fingerprint density at radius 2 is 2.19 bits per heavy atom. The maximum absolute atomic E-state index is 4.16. The average molecular weight is 298 g/mol. The highest BCUT2D eigenvalue weighted by atomic mass is 79.9. The Labute approximate surface area is 107 Å². The molecule has 0 radical (unpaired) electrons. The fraction of sp³-hybridized carbons (Fsp3) is 0.273. The molecular weight excluding hydrogens is 286 g/mol. The van der Waals surface area contributed by atoms with E-state index < -0.39 is 0 Å². The van der Waals surface area contributed by atoms with Crippen LogP contribution >= 0.6 is 27.3 Å². The van der Waals surface area contributed by atoms with Crippen LogP contribution in [-0.4, -0.2) is 9.97 Å². The highest BCUT2D eigenvalue weighted by molar-refractivity contribution is 9.10. The minimum Gasteiger partial charge on any atom is -0.363 e. The Kier molecular flexibility index (Phi) is 3.56. The first-order chi connectivity index (χ1) is 7.65. The van der Waals surface area contributed by atoms with Crippen LogP contribution < -0.4 is 5.32 Å². The normalized spacial score (nSPS) is 12.4. The van der Waals surface area contributed by atoms with Gasteiger partial charge in [-0.2, -0.15) is 0 Å². The molecule has 5 heteroatoms. The largest absolute Gasteiger partial charge is 0.363 e. The van der Waals surface area contributed by atoms with Crippen LogP contribution in [0.3, 0.4) is 0 Å². The summed E-state index contributed by atoms with van der Waals surface area (Å²) in [6.45, 7) is 4.24. The van der Waals surface area contributed by atoms with Crippen molar-refractivity contribution in [3.63, 3.8) is 0 Å². The smallest absolute Gasteiger partial charge is 0.130 e. The number of thiophene rings is 1. The standard InChI is InChI=1S/C11H12BrN3S/c1-7-3-4-9(16-7)8(2)15-11-5-10(12)13-6-14-11/h3-6,8H,1-2H3,(H,13,14,15). The van der Waals surface area contributed by atoms with Crippen molar-refractivity contribution in [3.05, 3.63) is 38.9 Å². The zero-order valence-electron chi connectivity index (χ0n) is 9.07. The molecule has 0 amide bonds. The molecule has 2 rings (SSSR count). The van der Waals surface area contributed by atoms with Gasteiger partial charge in [0.15, 0.2) is 0 Å². The van der Waals surface area contributed by atoms with Crippen LogP contribution in [0.15, 0.2) is 29.1 Å². The molecular formula is C11H12BrN3S. The van der Waals surface area contributed by atoms with Gasteiger partial charge in [0.1, 0.15) is 16.7 Å². The number of aryl methyl sites for hydroxylation is 1. The molecule has 0 aliphatic heterocycles. The third-order valence-electron chi connectivity index (χ3n) is 2.19. The molecule has 1 atom stereocenters. The van der Waals surface area contributed by atoms with Crippen molar-refractivity contribution >= 4 is 33.1 Å². The van der Waals surface area contributed by atoms with Gasteiger partial charge in [-0.3, -0.25) is 0 Å². The SMILES string of the molecule is Cc1ccc(C(C)Nc2cc(Br)ncn2)s1. The minimum absolute atomic E-state index is 0.264. The van der Waals surface area contributed by atoms with Crippen LogP contribution in [0.5, 0.6) is 0 Å². The Morgan fingerprint density at radius 1 is 1.38 bits per heavy atom. The molecule has 84 valence electrons. The van der Waals surface area contributed by atoms with Crippen LogP contribution in [0, 0.1) is 6.92 Å². The van der Waals surface area contributed by atoms with Gasteiger partial charge in [-0.25, -0.2) is 9.97 Å². The molecule has 3 nitrogen and oxygen atoms in total. The summed E-state index contributed by atoms with van der Waals surface area (Å²) in [5.41, 5.74) is 0. The molecule has 2 aromatic heterocycles. The second-order valence-corrected chi connectivity index (χ2v) is 5.67. The lowest BCUT2D eigenvalue weighted by atomic mass is 10.3. The Balaban J connectivity index is 2.10. The van der Waals surface area contributed by atoms with Crippen molar-refractivity contribution in [1.82, 2.24) is 9.97 Å².